The van der Waals surface area contributed by atoms with Gasteiger partial charge in [0.05, 0.1) is 14.2 Å². The Morgan fingerprint density at radius 3 is 1.33 bits per heavy atom. The van der Waals surface area contributed by atoms with E-state index < -0.39 is 0 Å². The summed E-state index contributed by atoms with van der Waals surface area (Å²) in [4.78, 5) is 0. The van der Waals surface area contributed by atoms with Crippen molar-refractivity contribution in [3.8, 4) is 33.8 Å². The van der Waals surface area contributed by atoms with Gasteiger partial charge in [0, 0.05) is 0 Å². The van der Waals surface area contributed by atoms with Crippen LogP contribution in [0.3, 0.4) is 0 Å². The first kappa shape index (κ1) is 18.7. The molecule has 0 radical (unpaired) electrons. The van der Waals surface area contributed by atoms with E-state index in [1.165, 1.54) is 57.0 Å². The summed E-state index contributed by atoms with van der Waals surface area (Å²) < 4.78 is 11.4. The highest BCUT2D eigenvalue weighted by molar-refractivity contribution is 6.09. The van der Waals surface area contributed by atoms with E-state index in [4.69, 9.17) is 9.47 Å². The van der Waals surface area contributed by atoms with Crippen LogP contribution >= 0.6 is 0 Å². The SMILES string of the molecule is COc1cc2c(-c3ccccc3)c3c(c(-c4ccccc4)c2cc1OC)CCCC3. The molecule has 150 valence electrons. The number of ether oxygens (including phenoxy) is 2. The zero-order chi connectivity index (χ0) is 20.5. The molecule has 1 aliphatic rings. The van der Waals surface area contributed by atoms with Crippen molar-refractivity contribution in [1.82, 2.24) is 0 Å². The van der Waals surface area contributed by atoms with Crippen LogP contribution in [0.25, 0.3) is 33.0 Å². The molecule has 0 atom stereocenters. The van der Waals surface area contributed by atoms with Crippen molar-refractivity contribution in [2.75, 3.05) is 14.2 Å². The fraction of sp³-hybridized carbons (Fsp3) is 0.214. The standard InChI is InChI=1S/C28H26O2/c1-29-25-17-23-24(18-26(25)30-2)28(20-13-7-4-8-14-20)22-16-10-9-15-21(22)27(23)19-11-5-3-6-12-19/h3-8,11-14,17-18H,9-10,15-16H2,1-2H3. The maximum Gasteiger partial charge on any atom is 0.161 e. The molecular weight excluding hydrogens is 368 g/mol. The van der Waals surface area contributed by atoms with Gasteiger partial charge in [0.2, 0.25) is 0 Å². The first-order chi connectivity index (χ1) is 14.8. The number of hydrogen-bond acceptors (Lipinski definition) is 2. The maximum atomic E-state index is 5.70. The van der Waals surface area contributed by atoms with Crippen molar-refractivity contribution in [2.24, 2.45) is 0 Å². The molecule has 30 heavy (non-hydrogen) atoms. The molecular formula is C28H26O2. The highest BCUT2D eigenvalue weighted by atomic mass is 16.5. The second-order valence-corrected chi connectivity index (χ2v) is 7.90. The van der Waals surface area contributed by atoms with Crippen molar-refractivity contribution >= 4 is 10.8 Å². The summed E-state index contributed by atoms with van der Waals surface area (Å²) in [5, 5.41) is 2.47. The second-order valence-electron chi connectivity index (χ2n) is 7.90. The van der Waals surface area contributed by atoms with E-state index in [1.807, 2.05) is 0 Å². The Bertz CT molecular complexity index is 1100. The Hall–Kier alpha value is -3.26. The number of rotatable bonds is 4. The number of methoxy groups -OCH3 is 2. The first-order valence-corrected chi connectivity index (χ1v) is 10.7. The van der Waals surface area contributed by atoms with Crippen LogP contribution in [0.4, 0.5) is 0 Å². The lowest BCUT2D eigenvalue weighted by molar-refractivity contribution is 0.356. The molecule has 0 saturated heterocycles. The molecule has 0 unspecified atom stereocenters. The largest absolute Gasteiger partial charge is 0.493 e. The molecule has 0 saturated carbocycles. The Morgan fingerprint density at radius 1 is 0.567 bits per heavy atom. The maximum absolute atomic E-state index is 5.70. The summed E-state index contributed by atoms with van der Waals surface area (Å²) in [7, 11) is 3.42. The van der Waals surface area contributed by atoms with Gasteiger partial charge in [0.1, 0.15) is 0 Å². The van der Waals surface area contributed by atoms with E-state index in [0.29, 0.717) is 0 Å². The van der Waals surface area contributed by atoms with Gasteiger partial charge < -0.3 is 9.47 Å². The normalized spacial score (nSPS) is 13.1. The molecule has 0 N–H and O–H groups in total. The van der Waals surface area contributed by atoms with Crippen LogP contribution in [-0.4, -0.2) is 14.2 Å². The average molecular weight is 395 g/mol. The number of benzene rings is 4. The Balaban J connectivity index is 1.97. The van der Waals surface area contributed by atoms with Crippen molar-refractivity contribution in [3.05, 3.63) is 83.9 Å². The third kappa shape index (κ3) is 3.04. The lowest BCUT2D eigenvalue weighted by atomic mass is 9.78. The molecule has 5 rings (SSSR count). The zero-order valence-corrected chi connectivity index (χ0v) is 17.6. The monoisotopic (exact) mass is 394 g/mol. The molecule has 4 aromatic rings. The summed E-state index contributed by atoms with van der Waals surface area (Å²) in [5.74, 6) is 1.55. The average Bonchev–Trinajstić information content (AvgIpc) is 2.82. The lowest BCUT2D eigenvalue weighted by Crippen LogP contribution is -2.08. The molecule has 0 aromatic heterocycles. The number of fused-ring (bicyclic) bond motifs is 2. The second kappa shape index (κ2) is 7.87. The van der Waals surface area contributed by atoms with Gasteiger partial charge in [-0.05, 0) is 82.0 Å². The van der Waals surface area contributed by atoms with Gasteiger partial charge >= 0.3 is 0 Å². The van der Waals surface area contributed by atoms with Gasteiger partial charge in [-0.3, -0.25) is 0 Å². The number of hydrogen-bond donors (Lipinski definition) is 0. The fourth-order valence-corrected chi connectivity index (χ4v) is 4.94. The Labute approximate surface area is 178 Å². The molecule has 1 aliphatic carbocycles. The van der Waals surface area contributed by atoms with Crippen molar-refractivity contribution in [3.63, 3.8) is 0 Å². The molecule has 0 aliphatic heterocycles. The molecule has 0 bridgehead atoms. The van der Waals surface area contributed by atoms with Crippen LogP contribution in [0.15, 0.2) is 72.8 Å². The fourth-order valence-electron chi connectivity index (χ4n) is 4.94. The van der Waals surface area contributed by atoms with Gasteiger partial charge in [-0.2, -0.15) is 0 Å². The Morgan fingerprint density at radius 2 is 0.967 bits per heavy atom. The van der Waals surface area contributed by atoms with Gasteiger partial charge in [-0.1, -0.05) is 60.7 Å². The molecule has 0 amide bonds. The minimum absolute atomic E-state index is 0.775. The van der Waals surface area contributed by atoms with Crippen LogP contribution in [0.5, 0.6) is 11.5 Å². The topological polar surface area (TPSA) is 18.5 Å². The van der Waals surface area contributed by atoms with Gasteiger partial charge in [-0.25, -0.2) is 0 Å². The third-order valence-corrected chi connectivity index (χ3v) is 6.26. The summed E-state index contributed by atoms with van der Waals surface area (Å²) in [6.07, 6.45) is 4.70. The van der Waals surface area contributed by atoms with Gasteiger partial charge in [-0.15, -0.1) is 0 Å². The predicted octanol–water partition coefficient (Wildman–Crippen LogP) is 7.07. The summed E-state index contributed by atoms with van der Waals surface area (Å²) in [6, 6.07) is 25.9. The molecule has 2 heteroatoms. The molecule has 2 nitrogen and oxygen atoms in total. The summed E-state index contributed by atoms with van der Waals surface area (Å²) in [5.41, 5.74) is 8.22. The lowest BCUT2D eigenvalue weighted by Gasteiger charge is -2.27. The van der Waals surface area contributed by atoms with E-state index in [1.54, 1.807) is 14.2 Å². The van der Waals surface area contributed by atoms with E-state index in [2.05, 4.69) is 72.8 Å². The van der Waals surface area contributed by atoms with Gasteiger partial charge in [0.15, 0.2) is 11.5 Å². The Kier molecular flexibility index (Phi) is 4.92. The summed E-state index contributed by atoms with van der Waals surface area (Å²) in [6.45, 7) is 0. The van der Waals surface area contributed by atoms with Crippen LogP contribution < -0.4 is 9.47 Å². The van der Waals surface area contributed by atoms with Crippen LogP contribution in [0, 0.1) is 0 Å². The van der Waals surface area contributed by atoms with E-state index in [-0.39, 0.29) is 0 Å². The van der Waals surface area contributed by atoms with Crippen molar-refractivity contribution in [2.45, 2.75) is 25.7 Å². The van der Waals surface area contributed by atoms with E-state index >= 15 is 0 Å². The van der Waals surface area contributed by atoms with E-state index in [0.717, 1.165) is 24.3 Å². The van der Waals surface area contributed by atoms with Crippen LogP contribution in [0.1, 0.15) is 24.0 Å². The van der Waals surface area contributed by atoms with Crippen molar-refractivity contribution < 1.29 is 9.47 Å². The summed E-state index contributed by atoms with van der Waals surface area (Å²) >= 11 is 0. The smallest absolute Gasteiger partial charge is 0.161 e. The molecule has 0 fully saturated rings. The minimum atomic E-state index is 0.775. The minimum Gasteiger partial charge on any atom is -0.493 e. The molecule has 4 aromatic carbocycles. The first-order valence-electron chi connectivity index (χ1n) is 10.7. The highest BCUT2D eigenvalue weighted by Gasteiger charge is 2.24. The molecule has 0 heterocycles. The van der Waals surface area contributed by atoms with Crippen LogP contribution in [0.2, 0.25) is 0 Å². The van der Waals surface area contributed by atoms with Crippen molar-refractivity contribution in [1.29, 1.82) is 0 Å². The van der Waals surface area contributed by atoms with Crippen LogP contribution in [-0.2, 0) is 12.8 Å². The molecule has 0 spiro atoms. The third-order valence-electron chi connectivity index (χ3n) is 6.26. The van der Waals surface area contributed by atoms with E-state index in [9.17, 15) is 0 Å². The van der Waals surface area contributed by atoms with Gasteiger partial charge in [0.25, 0.3) is 0 Å². The quantitative estimate of drug-likeness (QED) is 0.368. The highest BCUT2D eigenvalue weighted by Crippen LogP contribution is 2.47. The predicted molar refractivity (Wildman–Crippen MR) is 125 cm³/mol. The zero-order valence-electron chi connectivity index (χ0n) is 17.6.